The molecule has 0 spiro atoms. The third kappa shape index (κ3) is 10.6. The molecule has 0 aromatic carbocycles. The van der Waals surface area contributed by atoms with Gasteiger partial charge in [0.15, 0.2) is 0 Å². The van der Waals surface area contributed by atoms with Gasteiger partial charge in [-0.05, 0) is 25.0 Å². The molecule has 0 aromatic heterocycles. The van der Waals surface area contributed by atoms with Gasteiger partial charge in [-0.2, -0.15) is 25.3 Å². The highest BCUT2D eigenvalue weighted by atomic mass is 32.2. The molecule has 0 bridgehead atoms. The topological polar surface area (TPSA) is 63.2 Å². The van der Waals surface area contributed by atoms with Crippen molar-refractivity contribution in [2.45, 2.75) is 37.4 Å². The summed E-state index contributed by atoms with van der Waals surface area (Å²) < 4.78 is 23.4. The first kappa shape index (κ1) is 16.1. The zero-order chi connectivity index (χ0) is 12.6. The fourth-order valence-electron chi connectivity index (χ4n) is 1.22. The molecule has 1 N–H and O–H groups in total. The van der Waals surface area contributed by atoms with Gasteiger partial charge in [0.2, 0.25) is 15.9 Å². The maximum Gasteiger partial charge on any atom is 0.233 e. The summed E-state index contributed by atoms with van der Waals surface area (Å²) in [7, 11) is -3.41. The van der Waals surface area contributed by atoms with E-state index in [2.05, 4.69) is 25.3 Å². The molecule has 7 heteroatoms. The standard InChI is InChI=1S/C9H19NO3S3/c1-16(12,13)10-9(11)5-3-2-4-8(15)6-7-14/h8,14-15H,2-7H2,1H3,(H,10,11). The monoisotopic (exact) mass is 285 g/mol. The van der Waals surface area contributed by atoms with E-state index >= 15 is 0 Å². The van der Waals surface area contributed by atoms with E-state index in [1.54, 1.807) is 0 Å². The van der Waals surface area contributed by atoms with Crippen LogP contribution in [0.1, 0.15) is 32.1 Å². The predicted molar refractivity (Wildman–Crippen MR) is 72.7 cm³/mol. The number of thiol groups is 2. The smallest absolute Gasteiger partial charge is 0.233 e. The van der Waals surface area contributed by atoms with Crippen molar-refractivity contribution in [2.24, 2.45) is 0 Å². The molecule has 0 aliphatic carbocycles. The van der Waals surface area contributed by atoms with Crippen molar-refractivity contribution < 1.29 is 13.2 Å². The molecule has 0 saturated heterocycles. The van der Waals surface area contributed by atoms with Crippen LogP contribution in [-0.2, 0) is 14.8 Å². The van der Waals surface area contributed by atoms with E-state index in [4.69, 9.17) is 0 Å². The van der Waals surface area contributed by atoms with E-state index in [-0.39, 0.29) is 6.42 Å². The Morgan fingerprint density at radius 1 is 1.31 bits per heavy atom. The largest absolute Gasteiger partial charge is 0.274 e. The molecule has 0 aliphatic heterocycles. The SMILES string of the molecule is CS(=O)(=O)NC(=O)CCCCC(S)CCS. The molecule has 1 amide bonds. The molecule has 0 aromatic rings. The molecule has 1 atom stereocenters. The lowest BCUT2D eigenvalue weighted by Gasteiger charge is -2.08. The van der Waals surface area contributed by atoms with E-state index < -0.39 is 15.9 Å². The van der Waals surface area contributed by atoms with Crippen molar-refractivity contribution in [2.75, 3.05) is 12.0 Å². The van der Waals surface area contributed by atoms with Gasteiger partial charge in [0.05, 0.1) is 6.26 Å². The number of rotatable bonds is 8. The van der Waals surface area contributed by atoms with Crippen molar-refractivity contribution in [1.29, 1.82) is 0 Å². The number of nitrogens with one attached hydrogen (secondary N) is 1. The van der Waals surface area contributed by atoms with Gasteiger partial charge < -0.3 is 0 Å². The Labute approximate surface area is 108 Å². The third-order valence-corrected chi connectivity index (χ3v) is 3.33. The summed E-state index contributed by atoms with van der Waals surface area (Å²) in [4.78, 5) is 11.1. The zero-order valence-electron chi connectivity index (χ0n) is 9.35. The number of sulfonamides is 1. The van der Waals surface area contributed by atoms with Gasteiger partial charge in [-0.3, -0.25) is 9.52 Å². The Bertz CT molecular complexity index is 303. The highest BCUT2D eigenvalue weighted by Crippen LogP contribution is 2.12. The molecule has 0 fully saturated rings. The van der Waals surface area contributed by atoms with Crippen molar-refractivity contribution in [1.82, 2.24) is 4.72 Å². The minimum Gasteiger partial charge on any atom is -0.274 e. The van der Waals surface area contributed by atoms with E-state index in [1.165, 1.54) is 0 Å². The first-order valence-electron chi connectivity index (χ1n) is 5.14. The van der Waals surface area contributed by atoms with E-state index in [0.29, 0.717) is 11.7 Å². The highest BCUT2D eigenvalue weighted by Gasteiger charge is 2.08. The maximum atomic E-state index is 11.1. The van der Waals surface area contributed by atoms with Crippen LogP contribution in [0.4, 0.5) is 0 Å². The minimum atomic E-state index is -3.41. The van der Waals surface area contributed by atoms with Crippen LogP contribution in [0.3, 0.4) is 0 Å². The summed E-state index contributed by atoms with van der Waals surface area (Å²) in [6.07, 6.45) is 4.65. The Kier molecular flexibility index (Phi) is 8.31. The molecule has 0 rings (SSSR count). The Hall–Kier alpha value is 0.120. The molecule has 4 nitrogen and oxygen atoms in total. The van der Waals surface area contributed by atoms with Crippen LogP contribution in [-0.4, -0.2) is 31.6 Å². The van der Waals surface area contributed by atoms with Gasteiger partial charge in [-0.15, -0.1) is 0 Å². The quantitative estimate of drug-likeness (QED) is 0.464. The second-order valence-electron chi connectivity index (χ2n) is 3.71. The van der Waals surface area contributed by atoms with E-state index in [0.717, 1.165) is 31.3 Å². The first-order valence-corrected chi connectivity index (χ1v) is 8.18. The Morgan fingerprint density at radius 3 is 2.44 bits per heavy atom. The van der Waals surface area contributed by atoms with Crippen LogP contribution in [0.15, 0.2) is 0 Å². The predicted octanol–water partition coefficient (Wildman–Crippen LogP) is 1.24. The fraction of sp³-hybridized carbons (Fsp3) is 0.889. The second-order valence-corrected chi connectivity index (χ2v) is 6.64. The minimum absolute atomic E-state index is 0.244. The normalized spacial score (nSPS) is 13.4. The average molecular weight is 285 g/mol. The van der Waals surface area contributed by atoms with Crippen LogP contribution in [0.25, 0.3) is 0 Å². The number of amides is 1. The molecular formula is C9H19NO3S3. The number of unbranched alkanes of at least 4 members (excludes halogenated alkanes) is 1. The van der Waals surface area contributed by atoms with Gasteiger partial charge in [-0.1, -0.05) is 6.42 Å². The van der Waals surface area contributed by atoms with Gasteiger partial charge in [-0.25, -0.2) is 8.42 Å². The summed E-state index contributed by atoms with van der Waals surface area (Å²) in [6, 6.07) is 0. The summed E-state index contributed by atoms with van der Waals surface area (Å²) >= 11 is 8.46. The molecule has 0 heterocycles. The van der Waals surface area contributed by atoms with Gasteiger partial charge in [0.25, 0.3) is 0 Å². The third-order valence-electron chi connectivity index (χ3n) is 1.95. The molecule has 0 saturated carbocycles. The molecule has 96 valence electrons. The number of hydrogen-bond acceptors (Lipinski definition) is 5. The Balaban J connectivity index is 3.56. The average Bonchev–Trinajstić information content (AvgIpc) is 2.10. The van der Waals surface area contributed by atoms with Crippen molar-refractivity contribution in [3.05, 3.63) is 0 Å². The molecule has 0 aliphatic rings. The molecule has 1 unspecified atom stereocenters. The van der Waals surface area contributed by atoms with Crippen molar-refractivity contribution in [3.63, 3.8) is 0 Å². The first-order chi connectivity index (χ1) is 7.35. The van der Waals surface area contributed by atoms with Gasteiger partial charge in [0.1, 0.15) is 0 Å². The van der Waals surface area contributed by atoms with Crippen LogP contribution >= 0.6 is 25.3 Å². The highest BCUT2D eigenvalue weighted by molar-refractivity contribution is 7.89. The zero-order valence-corrected chi connectivity index (χ0v) is 12.0. The molecule has 16 heavy (non-hydrogen) atoms. The summed E-state index contributed by atoms with van der Waals surface area (Å²) in [5.74, 6) is 0.371. The second kappa shape index (κ2) is 8.25. The molecular weight excluding hydrogens is 266 g/mol. The van der Waals surface area contributed by atoms with Crippen LogP contribution in [0.5, 0.6) is 0 Å². The van der Waals surface area contributed by atoms with Crippen LogP contribution in [0, 0.1) is 0 Å². The van der Waals surface area contributed by atoms with Crippen LogP contribution < -0.4 is 4.72 Å². The van der Waals surface area contributed by atoms with Crippen LogP contribution in [0.2, 0.25) is 0 Å². The van der Waals surface area contributed by atoms with E-state index in [9.17, 15) is 13.2 Å². The van der Waals surface area contributed by atoms with Crippen molar-refractivity contribution in [3.8, 4) is 0 Å². The number of carbonyl (C=O) groups excluding carboxylic acids is 1. The van der Waals surface area contributed by atoms with E-state index in [1.807, 2.05) is 4.72 Å². The number of carbonyl (C=O) groups is 1. The molecule has 0 radical (unpaired) electrons. The Morgan fingerprint density at radius 2 is 1.94 bits per heavy atom. The fourth-order valence-corrected chi connectivity index (χ4v) is 2.56. The summed E-state index contributed by atoms with van der Waals surface area (Å²) in [6.45, 7) is 0. The maximum absolute atomic E-state index is 11.1. The number of hydrogen-bond donors (Lipinski definition) is 3. The lowest BCUT2D eigenvalue weighted by atomic mass is 10.1. The lowest BCUT2D eigenvalue weighted by molar-refractivity contribution is -0.119. The summed E-state index contributed by atoms with van der Waals surface area (Å²) in [5, 5.41) is 0.315. The lowest BCUT2D eigenvalue weighted by Crippen LogP contribution is -2.28. The van der Waals surface area contributed by atoms with Gasteiger partial charge >= 0.3 is 0 Å². The van der Waals surface area contributed by atoms with Crippen molar-refractivity contribution >= 4 is 41.2 Å². The van der Waals surface area contributed by atoms with Gasteiger partial charge in [0, 0.05) is 11.7 Å². The summed E-state index contributed by atoms with van der Waals surface area (Å²) in [5.41, 5.74) is 0.